The van der Waals surface area contributed by atoms with E-state index in [2.05, 4.69) is 15.6 Å². The van der Waals surface area contributed by atoms with Crippen LogP contribution < -0.4 is 10.2 Å². The molecule has 27 heavy (non-hydrogen) atoms. The predicted octanol–water partition coefficient (Wildman–Crippen LogP) is 3.67. The lowest BCUT2D eigenvalue weighted by Crippen LogP contribution is -2.24. The summed E-state index contributed by atoms with van der Waals surface area (Å²) in [7, 11) is 0. The van der Waals surface area contributed by atoms with Gasteiger partial charge in [-0.05, 0) is 43.7 Å². The Morgan fingerprint density at radius 3 is 2.74 bits per heavy atom. The van der Waals surface area contributed by atoms with E-state index in [1.165, 1.54) is 6.21 Å². The smallest absolute Gasteiger partial charge is 0.277 e. The number of carbonyl (C=O) groups is 1. The molecule has 0 fully saturated rings. The fourth-order valence-corrected chi connectivity index (χ4v) is 2.77. The van der Waals surface area contributed by atoms with Crippen LogP contribution in [-0.2, 0) is 4.79 Å². The van der Waals surface area contributed by atoms with Crippen LogP contribution in [-0.4, -0.2) is 28.5 Å². The first-order chi connectivity index (χ1) is 13.0. The summed E-state index contributed by atoms with van der Waals surface area (Å²) in [5.74, 6) is 0.272. The standard InChI is InChI=1S/C20H19ClN4O2/c1-14-7-6-10-17(11-14)27-13-19(26)23-22-12-18-15(2)24-25(20(18)21)16-8-4-3-5-9-16/h3-12H,13H2,1-2H3,(H,23,26)/b22-12-. The van der Waals surface area contributed by atoms with Crippen molar-refractivity contribution >= 4 is 23.7 Å². The van der Waals surface area contributed by atoms with Gasteiger partial charge in [-0.2, -0.15) is 10.2 Å². The van der Waals surface area contributed by atoms with Crippen LogP contribution in [0.2, 0.25) is 5.15 Å². The molecule has 0 unspecified atom stereocenters. The second-order valence-electron chi connectivity index (χ2n) is 5.94. The zero-order valence-corrected chi connectivity index (χ0v) is 15.8. The van der Waals surface area contributed by atoms with Crippen LogP contribution in [0.25, 0.3) is 5.69 Å². The maximum Gasteiger partial charge on any atom is 0.277 e. The normalized spacial score (nSPS) is 10.9. The highest BCUT2D eigenvalue weighted by molar-refractivity contribution is 6.32. The molecule has 7 heteroatoms. The number of ether oxygens (including phenoxy) is 1. The van der Waals surface area contributed by atoms with Crippen molar-refractivity contribution in [1.82, 2.24) is 15.2 Å². The first-order valence-corrected chi connectivity index (χ1v) is 8.74. The van der Waals surface area contributed by atoms with E-state index in [0.29, 0.717) is 22.2 Å². The number of hydrogen-bond acceptors (Lipinski definition) is 4. The summed E-state index contributed by atoms with van der Waals surface area (Å²) >= 11 is 6.41. The average Bonchev–Trinajstić information content (AvgIpc) is 2.95. The van der Waals surface area contributed by atoms with Gasteiger partial charge in [0.05, 0.1) is 23.2 Å². The maximum absolute atomic E-state index is 11.9. The molecule has 0 aliphatic carbocycles. The topological polar surface area (TPSA) is 68.5 Å². The van der Waals surface area contributed by atoms with Gasteiger partial charge in [-0.15, -0.1) is 0 Å². The molecule has 3 rings (SSSR count). The molecule has 0 spiro atoms. The Hall–Kier alpha value is -3.12. The SMILES string of the molecule is Cc1cccc(OCC(=O)N/N=C\c2c(C)nn(-c3ccccc3)c2Cl)c1. The summed E-state index contributed by atoms with van der Waals surface area (Å²) in [5, 5.41) is 8.80. The van der Waals surface area contributed by atoms with Gasteiger partial charge in [0.25, 0.3) is 5.91 Å². The molecule has 0 aliphatic heterocycles. The predicted molar refractivity (Wildman–Crippen MR) is 106 cm³/mol. The summed E-state index contributed by atoms with van der Waals surface area (Å²) in [4.78, 5) is 11.9. The quantitative estimate of drug-likeness (QED) is 0.522. The summed E-state index contributed by atoms with van der Waals surface area (Å²) < 4.78 is 7.06. The molecule has 138 valence electrons. The van der Waals surface area contributed by atoms with Crippen LogP contribution in [0.1, 0.15) is 16.8 Å². The van der Waals surface area contributed by atoms with Gasteiger partial charge in [0.15, 0.2) is 6.61 Å². The molecule has 0 radical (unpaired) electrons. The van der Waals surface area contributed by atoms with Crippen molar-refractivity contribution in [3.8, 4) is 11.4 Å². The fourth-order valence-electron chi connectivity index (χ4n) is 2.45. The van der Waals surface area contributed by atoms with Crippen molar-refractivity contribution < 1.29 is 9.53 Å². The molecule has 1 heterocycles. The zero-order valence-electron chi connectivity index (χ0n) is 15.0. The maximum atomic E-state index is 11.9. The third-order valence-corrected chi connectivity index (χ3v) is 4.15. The number of nitrogens with one attached hydrogen (secondary N) is 1. The summed E-state index contributed by atoms with van der Waals surface area (Å²) in [6.07, 6.45) is 1.48. The van der Waals surface area contributed by atoms with E-state index in [-0.39, 0.29) is 12.5 Å². The lowest BCUT2D eigenvalue weighted by Gasteiger charge is -2.05. The number of aromatic nitrogens is 2. The zero-order chi connectivity index (χ0) is 19.2. The number of para-hydroxylation sites is 1. The number of benzene rings is 2. The molecule has 1 amide bonds. The van der Waals surface area contributed by atoms with Crippen molar-refractivity contribution in [2.75, 3.05) is 6.61 Å². The van der Waals surface area contributed by atoms with Crippen molar-refractivity contribution in [3.63, 3.8) is 0 Å². The number of aryl methyl sites for hydroxylation is 2. The first-order valence-electron chi connectivity index (χ1n) is 8.36. The second kappa shape index (κ2) is 8.51. The molecule has 1 aromatic heterocycles. The molecule has 6 nitrogen and oxygen atoms in total. The van der Waals surface area contributed by atoms with E-state index < -0.39 is 0 Å². The molecule has 0 saturated carbocycles. The highest BCUT2D eigenvalue weighted by atomic mass is 35.5. The van der Waals surface area contributed by atoms with Crippen molar-refractivity contribution in [1.29, 1.82) is 0 Å². The van der Waals surface area contributed by atoms with Gasteiger partial charge >= 0.3 is 0 Å². The van der Waals surface area contributed by atoms with Crippen molar-refractivity contribution in [2.45, 2.75) is 13.8 Å². The Bertz CT molecular complexity index is 967. The second-order valence-corrected chi connectivity index (χ2v) is 6.29. The van der Waals surface area contributed by atoms with E-state index in [1.807, 2.05) is 62.4 Å². The summed E-state index contributed by atoms with van der Waals surface area (Å²) in [5.41, 5.74) is 5.68. The third kappa shape index (κ3) is 4.74. The molecular weight excluding hydrogens is 364 g/mol. The molecule has 2 aromatic carbocycles. The Morgan fingerprint density at radius 1 is 1.22 bits per heavy atom. The van der Waals surface area contributed by atoms with E-state index in [4.69, 9.17) is 16.3 Å². The highest BCUT2D eigenvalue weighted by Crippen LogP contribution is 2.21. The Labute approximate surface area is 162 Å². The number of amides is 1. The number of hydrogen-bond donors (Lipinski definition) is 1. The van der Waals surface area contributed by atoms with Crippen molar-refractivity contribution in [2.24, 2.45) is 5.10 Å². The van der Waals surface area contributed by atoms with Gasteiger partial charge < -0.3 is 4.74 Å². The van der Waals surface area contributed by atoms with Crippen LogP contribution in [0.5, 0.6) is 5.75 Å². The van der Waals surface area contributed by atoms with E-state index in [1.54, 1.807) is 10.7 Å². The molecule has 0 atom stereocenters. The van der Waals surface area contributed by atoms with Crippen LogP contribution >= 0.6 is 11.6 Å². The third-order valence-electron chi connectivity index (χ3n) is 3.79. The van der Waals surface area contributed by atoms with Gasteiger partial charge in [-0.3, -0.25) is 4.79 Å². The van der Waals surface area contributed by atoms with Gasteiger partial charge in [0.2, 0.25) is 0 Å². The van der Waals surface area contributed by atoms with Crippen LogP contribution in [0.3, 0.4) is 0 Å². The number of hydrazone groups is 1. The fraction of sp³-hybridized carbons (Fsp3) is 0.150. The minimum atomic E-state index is -0.364. The van der Waals surface area contributed by atoms with E-state index in [9.17, 15) is 4.79 Å². The van der Waals surface area contributed by atoms with Crippen LogP contribution in [0, 0.1) is 13.8 Å². The minimum absolute atomic E-state index is 0.128. The average molecular weight is 383 g/mol. The Kier molecular flexibility index (Phi) is 5.88. The first kappa shape index (κ1) is 18.7. The Balaban J connectivity index is 1.61. The Morgan fingerprint density at radius 2 is 2.00 bits per heavy atom. The molecule has 0 bridgehead atoms. The van der Waals surface area contributed by atoms with Gasteiger partial charge in [0, 0.05) is 0 Å². The number of halogens is 1. The molecule has 1 N–H and O–H groups in total. The molecule has 0 aliphatic rings. The van der Waals surface area contributed by atoms with E-state index in [0.717, 1.165) is 11.3 Å². The van der Waals surface area contributed by atoms with Crippen molar-refractivity contribution in [3.05, 3.63) is 76.6 Å². The number of rotatable bonds is 6. The highest BCUT2D eigenvalue weighted by Gasteiger charge is 2.13. The van der Waals surface area contributed by atoms with Gasteiger partial charge in [-0.1, -0.05) is 41.9 Å². The van der Waals surface area contributed by atoms with Crippen LogP contribution in [0.4, 0.5) is 0 Å². The summed E-state index contributed by atoms with van der Waals surface area (Å²) in [6.45, 7) is 3.66. The van der Waals surface area contributed by atoms with Crippen LogP contribution in [0.15, 0.2) is 59.7 Å². The number of nitrogens with zero attached hydrogens (tertiary/aromatic N) is 3. The monoisotopic (exact) mass is 382 g/mol. The van der Waals surface area contributed by atoms with E-state index >= 15 is 0 Å². The molecule has 3 aromatic rings. The minimum Gasteiger partial charge on any atom is -0.484 e. The largest absolute Gasteiger partial charge is 0.484 e. The van der Waals surface area contributed by atoms with Gasteiger partial charge in [-0.25, -0.2) is 10.1 Å². The lowest BCUT2D eigenvalue weighted by atomic mass is 10.2. The lowest BCUT2D eigenvalue weighted by molar-refractivity contribution is -0.123. The molecular formula is C20H19ClN4O2. The summed E-state index contributed by atoms with van der Waals surface area (Å²) in [6, 6.07) is 17.0. The molecule has 0 saturated heterocycles. The van der Waals surface area contributed by atoms with Gasteiger partial charge in [0.1, 0.15) is 10.9 Å². The number of carbonyl (C=O) groups excluding carboxylic acids is 1.